The number of thiophene rings is 1. The van der Waals surface area contributed by atoms with Gasteiger partial charge >= 0.3 is 6.03 Å². The van der Waals surface area contributed by atoms with Gasteiger partial charge in [-0.1, -0.05) is 18.2 Å². The number of nitrogens with zero attached hydrogens (tertiary/aromatic N) is 3. The van der Waals surface area contributed by atoms with Crippen LogP contribution in [0.1, 0.15) is 19.3 Å². The third-order valence-electron chi connectivity index (χ3n) is 5.61. The first-order chi connectivity index (χ1) is 14.1. The van der Waals surface area contributed by atoms with Crippen molar-refractivity contribution in [1.82, 2.24) is 20.2 Å². The van der Waals surface area contributed by atoms with E-state index in [1.165, 1.54) is 10.1 Å². The number of carbonyl (C=O) groups is 2. The minimum absolute atomic E-state index is 0.166. The van der Waals surface area contributed by atoms with Crippen LogP contribution >= 0.6 is 27.3 Å². The monoisotopic (exact) mass is 471 g/mol. The first kappa shape index (κ1) is 18.5. The lowest BCUT2D eigenvalue weighted by molar-refractivity contribution is -0.130. The van der Waals surface area contributed by atoms with Gasteiger partial charge in [0.1, 0.15) is 11.2 Å². The van der Waals surface area contributed by atoms with Gasteiger partial charge in [-0.05, 0) is 52.7 Å². The van der Waals surface area contributed by atoms with E-state index in [4.69, 9.17) is 0 Å². The highest BCUT2D eigenvalue weighted by molar-refractivity contribution is 9.10. The fourth-order valence-electron chi connectivity index (χ4n) is 3.93. The molecule has 1 saturated heterocycles. The Balaban J connectivity index is 1.32. The minimum atomic E-state index is -0.637. The average Bonchev–Trinajstić information content (AvgIpc) is 3.21. The summed E-state index contributed by atoms with van der Waals surface area (Å²) in [5.74, 6) is 0.329. The van der Waals surface area contributed by atoms with Gasteiger partial charge in [-0.15, -0.1) is 11.3 Å². The predicted octanol–water partition coefficient (Wildman–Crippen LogP) is 4.01. The molecule has 2 N–H and O–H groups in total. The number of urea groups is 1. The van der Waals surface area contributed by atoms with Gasteiger partial charge in [0.2, 0.25) is 5.95 Å². The summed E-state index contributed by atoms with van der Waals surface area (Å²) in [5, 5.41) is 6.82. The zero-order valence-corrected chi connectivity index (χ0v) is 17.8. The third-order valence-corrected chi connectivity index (χ3v) is 7.31. The molecule has 3 amide bonds. The topological polar surface area (TPSA) is 87.2 Å². The molecule has 1 aromatic carbocycles. The molecule has 29 heavy (non-hydrogen) atoms. The summed E-state index contributed by atoms with van der Waals surface area (Å²) in [7, 11) is 0. The smallest absolute Gasteiger partial charge is 0.325 e. The molecule has 0 bridgehead atoms. The molecule has 0 unspecified atom stereocenters. The number of imide groups is 1. The number of aromatic nitrogens is 2. The van der Waals surface area contributed by atoms with Gasteiger partial charge in [-0.25, -0.2) is 14.8 Å². The van der Waals surface area contributed by atoms with Crippen molar-refractivity contribution in [3.8, 4) is 10.6 Å². The van der Waals surface area contributed by atoms with Gasteiger partial charge < -0.3 is 10.2 Å². The Hall–Kier alpha value is -2.52. The SMILES string of the molecule is O=C1NC(=O)C2(CCC2)N1CCNc1ncc(Br)c(-c2cc3ccccc3s2)n1. The second-order valence-corrected chi connectivity index (χ2v) is 9.20. The van der Waals surface area contributed by atoms with E-state index in [9.17, 15) is 9.59 Å². The van der Waals surface area contributed by atoms with E-state index in [0.717, 1.165) is 34.3 Å². The number of hydrogen-bond acceptors (Lipinski definition) is 6. The molecule has 1 aliphatic carbocycles. The highest BCUT2D eigenvalue weighted by atomic mass is 79.9. The highest BCUT2D eigenvalue weighted by Crippen LogP contribution is 2.40. The summed E-state index contributed by atoms with van der Waals surface area (Å²) >= 11 is 5.23. The summed E-state index contributed by atoms with van der Waals surface area (Å²) < 4.78 is 2.03. The Morgan fingerprint density at radius 3 is 2.86 bits per heavy atom. The van der Waals surface area contributed by atoms with Crippen molar-refractivity contribution in [1.29, 1.82) is 0 Å². The fourth-order valence-corrected chi connectivity index (χ4v) is 5.53. The normalized spacial score (nSPS) is 17.6. The number of carbonyl (C=O) groups excluding carboxylic acids is 2. The number of benzene rings is 1. The van der Waals surface area contributed by atoms with Crippen LogP contribution in [0.3, 0.4) is 0 Å². The van der Waals surface area contributed by atoms with E-state index < -0.39 is 5.54 Å². The standard InChI is InChI=1S/C20H18BrN5O2S/c21-13-11-23-18(24-16(13)15-10-12-4-1-2-5-14(12)29-15)22-8-9-26-19(28)25-17(27)20(26)6-3-7-20/h1-2,4-5,10-11H,3,6-9H2,(H,22,23,24)(H,25,27,28). The Kier molecular flexibility index (Phi) is 4.51. The van der Waals surface area contributed by atoms with Gasteiger partial charge in [0.05, 0.1) is 9.35 Å². The van der Waals surface area contributed by atoms with Crippen molar-refractivity contribution in [2.45, 2.75) is 24.8 Å². The van der Waals surface area contributed by atoms with E-state index in [0.29, 0.717) is 19.0 Å². The van der Waals surface area contributed by atoms with Crippen molar-refractivity contribution in [2.24, 2.45) is 0 Å². The number of nitrogens with one attached hydrogen (secondary N) is 2. The molecule has 3 heterocycles. The van der Waals surface area contributed by atoms with E-state index in [-0.39, 0.29) is 11.9 Å². The molecule has 0 radical (unpaired) electrons. The molecule has 1 saturated carbocycles. The van der Waals surface area contributed by atoms with Gasteiger partial charge in [0.15, 0.2) is 0 Å². The van der Waals surface area contributed by atoms with Crippen LogP contribution in [-0.2, 0) is 4.79 Å². The number of hydrogen-bond donors (Lipinski definition) is 2. The first-order valence-corrected chi connectivity index (χ1v) is 11.1. The summed E-state index contributed by atoms with van der Waals surface area (Å²) in [6, 6.07) is 10.0. The maximum absolute atomic E-state index is 12.1. The van der Waals surface area contributed by atoms with Crippen LogP contribution in [0.2, 0.25) is 0 Å². The largest absolute Gasteiger partial charge is 0.352 e. The summed E-state index contributed by atoms with van der Waals surface area (Å²) in [5.41, 5.74) is 0.190. The molecule has 3 aromatic rings. The van der Waals surface area contributed by atoms with Crippen molar-refractivity contribution < 1.29 is 9.59 Å². The second-order valence-electron chi connectivity index (χ2n) is 7.26. The van der Waals surface area contributed by atoms with E-state index >= 15 is 0 Å². The average molecular weight is 472 g/mol. The maximum Gasteiger partial charge on any atom is 0.325 e. The molecule has 2 aromatic heterocycles. The molecule has 9 heteroatoms. The Morgan fingerprint density at radius 2 is 2.10 bits per heavy atom. The highest BCUT2D eigenvalue weighted by Gasteiger charge is 2.56. The van der Waals surface area contributed by atoms with Crippen LogP contribution in [0.15, 0.2) is 41.0 Å². The van der Waals surface area contributed by atoms with Crippen molar-refractivity contribution in [3.05, 3.63) is 41.0 Å². The molecule has 2 fully saturated rings. The molecule has 148 valence electrons. The molecule has 0 atom stereocenters. The number of amides is 3. The first-order valence-electron chi connectivity index (χ1n) is 9.45. The predicted molar refractivity (Wildman–Crippen MR) is 116 cm³/mol. The van der Waals surface area contributed by atoms with Gasteiger partial charge in [0.25, 0.3) is 5.91 Å². The fraction of sp³-hybridized carbons (Fsp3) is 0.300. The van der Waals surface area contributed by atoms with Crippen LogP contribution in [0.5, 0.6) is 0 Å². The third kappa shape index (κ3) is 3.08. The quantitative estimate of drug-likeness (QED) is 0.548. The molecule has 2 aliphatic rings. The van der Waals surface area contributed by atoms with Gasteiger partial charge in [-0.2, -0.15) is 0 Å². The Bertz CT molecular complexity index is 1090. The van der Waals surface area contributed by atoms with E-state index in [2.05, 4.69) is 54.7 Å². The number of anilines is 1. The van der Waals surface area contributed by atoms with Gasteiger partial charge in [-0.3, -0.25) is 10.1 Å². The number of halogens is 1. The summed E-state index contributed by atoms with van der Waals surface area (Å²) in [4.78, 5) is 36.0. The van der Waals surface area contributed by atoms with Crippen molar-refractivity contribution in [2.75, 3.05) is 18.4 Å². The van der Waals surface area contributed by atoms with E-state index in [1.807, 2.05) is 12.1 Å². The molecule has 1 spiro atoms. The molecular weight excluding hydrogens is 454 g/mol. The van der Waals surface area contributed by atoms with Crippen LogP contribution in [0, 0.1) is 0 Å². The van der Waals surface area contributed by atoms with Crippen LogP contribution in [0.4, 0.5) is 10.7 Å². The second kappa shape index (κ2) is 7.07. The Morgan fingerprint density at radius 1 is 1.28 bits per heavy atom. The number of rotatable bonds is 5. The Labute approximate surface area is 179 Å². The van der Waals surface area contributed by atoms with Crippen LogP contribution < -0.4 is 10.6 Å². The minimum Gasteiger partial charge on any atom is -0.352 e. The van der Waals surface area contributed by atoms with Crippen LogP contribution in [0.25, 0.3) is 20.7 Å². The van der Waals surface area contributed by atoms with Crippen molar-refractivity contribution in [3.63, 3.8) is 0 Å². The lowest BCUT2D eigenvalue weighted by Gasteiger charge is -2.42. The zero-order chi connectivity index (χ0) is 20.0. The lowest BCUT2D eigenvalue weighted by atomic mass is 9.75. The zero-order valence-electron chi connectivity index (χ0n) is 15.4. The molecule has 5 rings (SSSR count). The van der Waals surface area contributed by atoms with E-state index in [1.54, 1.807) is 22.4 Å². The molecule has 7 nitrogen and oxygen atoms in total. The summed E-state index contributed by atoms with van der Waals surface area (Å²) in [6.07, 6.45) is 4.17. The molecular formula is C20H18BrN5O2S. The van der Waals surface area contributed by atoms with Gasteiger partial charge in [0, 0.05) is 24.0 Å². The van der Waals surface area contributed by atoms with Crippen molar-refractivity contribution >= 4 is 55.2 Å². The van der Waals surface area contributed by atoms with Crippen LogP contribution in [-0.4, -0.2) is 45.4 Å². The summed E-state index contributed by atoms with van der Waals surface area (Å²) in [6.45, 7) is 0.894. The maximum atomic E-state index is 12.1. The molecule has 1 aliphatic heterocycles. The number of fused-ring (bicyclic) bond motifs is 1. The lowest BCUT2D eigenvalue weighted by Crippen LogP contribution is -2.55.